The first-order valence-electron chi connectivity index (χ1n) is 10.2. The monoisotopic (exact) mass is 436 g/mol. The molecule has 2 aliphatic heterocycles. The topological polar surface area (TPSA) is 80.8 Å². The normalized spacial score (nSPS) is 22.3. The molecule has 0 N–H and O–H groups in total. The van der Waals surface area contributed by atoms with Gasteiger partial charge in [-0.05, 0) is 35.9 Å². The number of nitriles is 2. The summed E-state index contributed by atoms with van der Waals surface area (Å²) in [6.45, 7) is 0. The van der Waals surface area contributed by atoms with Gasteiger partial charge < -0.3 is 4.90 Å². The van der Waals surface area contributed by atoms with Gasteiger partial charge in [-0.2, -0.15) is 10.5 Å². The molecule has 0 aliphatic carbocycles. The van der Waals surface area contributed by atoms with Crippen LogP contribution in [0.2, 0.25) is 5.02 Å². The van der Waals surface area contributed by atoms with Crippen molar-refractivity contribution < 1.29 is 4.79 Å². The molecule has 3 aromatic rings. The SMILES string of the molecule is N#CC1(C#N)C(c2ccccn2)C(C(=O)c2ccccc2)N2c3ccc(Cl)cc3C=CC21. The van der Waals surface area contributed by atoms with E-state index in [1.54, 1.807) is 48.7 Å². The van der Waals surface area contributed by atoms with E-state index in [0.29, 0.717) is 16.3 Å². The van der Waals surface area contributed by atoms with Crippen molar-refractivity contribution in [1.29, 1.82) is 10.5 Å². The van der Waals surface area contributed by atoms with Gasteiger partial charge in [0.05, 0.1) is 24.1 Å². The molecule has 0 amide bonds. The maximum atomic E-state index is 13.9. The lowest BCUT2D eigenvalue weighted by Gasteiger charge is -2.35. The van der Waals surface area contributed by atoms with Gasteiger partial charge in [-0.25, -0.2) is 0 Å². The number of anilines is 1. The minimum Gasteiger partial charge on any atom is -0.351 e. The summed E-state index contributed by atoms with van der Waals surface area (Å²) >= 11 is 6.22. The van der Waals surface area contributed by atoms with Crippen molar-refractivity contribution in [2.45, 2.75) is 18.0 Å². The molecule has 5 rings (SSSR count). The highest BCUT2D eigenvalue weighted by Crippen LogP contribution is 2.55. The van der Waals surface area contributed by atoms with E-state index in [-0.39, 0.29) is 5.78 Å². The maximum Gasteiger partial charge on any atom is 0.186 e. The van der Waals surface area contributed by atoms with Crippen LogP contribution in [-0.2, 0) is 0 Å². The minimum absolute atomic E-state index is 0.158. The summed E-state index contributed by atoms with van der Waals surface area (Å²) in [4.78, 5) is 20.3. The lowest BCUT2D eigenvalue weighted by molar-refractivity contribution is 0.0950. The number of pyridine rings is 1. The average molecular weight is 437 g/mol. The minimum atomic E-state index is -1.50. The molecule has 32 heavy (non-hydrogen) atoms. The standard InChI is InChI=1S/C26H17ClN4O/c27-19-10-11-21-18(14-19)9-12-22-26(15-28,16-29)23(20-8-4-5-13-30-20)24(31(21)22)25(32)17-6-2-1-3-7-17/h1-14,22-24H. The molecule has 154 valence electrons. The summed E-state index contributed by atoms with van der Waals surface area (Å²) in [5, 5.41) is 21.3. The number of halogens is 1. The van der Waals surface area contributed by atoms with Gasteiger partial charge in [0.1, 0.15) is 6.04 Å². The summed E-state index contributed by atoms with van der Waals surface area (Å²) < 4.78 is 0. The Labute approximate surface area is 190 Å². The number of hydrogen-bond donors (Lipinski definition) is 0. The average Bonchev–Trinajstić information content (AvgIpc) is 3.15. The molecule has 0 bridgehead atoms. The van der Waals surface area contributed by atoms with Crippen molar-refractivity contribution in [2.24, 2.45) is 5.41 Å². The van der Waals surface area contributed by atoms with Crippen LogP contribution in [0.15, 0.2) is 79.0 Å². The summed E-state index contributed by atoms with van der Waals surface area (Å²) in [6.07, 6.45) is 5.33. The van der Waals surface area contributed by atoms with Crippen molar-refractivity contribution in [3.05, 3.63) is 101 Å². The Balaban J connectivity index is 1.79. The molecule has 2 aliphatic rings. The molecule has 1 saturated heterocycles. The number of rotatable bonds is 3. The quantitative estimate of drug-likeness (QED) is 0.538. The third kappa shape index (κ3) is 2.83. The van der Waals surface area contributed by atoms with Gasteiger partial charge in [0.15, 0.2) is 11.2 Å². The van der Waals surface area contributed by atoms with E-state index in [2.05, 4.69) is 17.1 Å². The molecule has 0 radical (unpaired) electrons. The van der Waals surface area contributed by atoms with Crippen LogP contribution in [0.5, 0.6) is 0 Å². The Kier molecular flexibility index (Phi) is 4.78. The van der Waals surface area contributed by atoms with Gasteiger partial charge in [-0.3, -0.25) is 9.78 Å². The number of benzene rings is 2. The second kappa shape index (κ2) is 7.64. The molecule has 6 heteroatoms. The number of carbonyl (C=O) groups excluding carboxylic acids is 1. The molecule has 1 aromatic heterocycles. The van der Waals surface area contributed by atoms with E-state index < -0.39 is 23.4 Å². The molecule has 2 aromatic carbocycles. The highest BCUT2D eigenvalue weighted by atomic mass is 35.5. The van der Waals surface area contributed by atoms with Gasteiger partial charge >= 0.3 is 0 Å². The summed E-state index contributed by atoms with van der Waals surface area (Å²) in [6, 6.07) is 22.9. The van der Waals surface area contributed by atoms with E-state index in [1.165, 1.54) is 0 Å². The summed E-state index contributed by atoms with van der Waals surface area (Å²) in [7, 11) is 0. The Bertz CT molecular complexity index is 1290. The largest absolute Gasteiger partial charge is 0.351 e. The van der Waals surface area contributed by atoms with Gasteiger partial charge in [0.2, 0.25) is 0 Å². The third-order valence-corrected chi connectivity index (χ3v) is 6.54. The predicted octanol–water partition coefficient (Wildman–Crippen LogP) is 5.02. The van der Waals surface area contributed by atoms with Crippen LogP contribution in [-0.4, -0.2) is 22.9 Å². The second-order valence-electron chi connectivity index (χ2n) is 7.91. The van der Waals surface area contributed by atoms with Crippen LogP contribution in [0.25, 0.3) is 6.08 Å². The van der Waals surface area contributed by atoms with Crippen molar-refractivity contribution in [2.75, 3.05) is 4.90 Å². The Morgan fingerprint density at radius 3 is 2.47 bits per heavy atom. The van der Waals surface area contributed by atoms with Crippen molar-refractivity contribution in [3.8, 4) is 12.1 Å². The number of Topliss-reactive ketones (excluding diaryl/α,β-unsaturated/α-hetero) is 1. The number of nitrogens with zero attached hydrogens (tertiary/aromatic N) is 4. The van der Waals surface area contributed by atoms with Crippen molar-refractivity contribution in [3.63, 3.8) is 0 Å². The van der Waals surface area contributed by atoms with E-state index in [9.17, 15) is 15.3 Å². The van der Waals surface area contributed by atoms with E-state index in [0.717, 1.165) is 11.3 Å². The van der Waals surface area contributed by atoms with Crippen LogP contribution in [0.3, 0.4) is 0 Å². The van der Waals surface area contributed by atoms with Gasteiger partial charge in [0, 0.05) is 28.2 Å². The summed E-state index contributed by atoms with van der Waals surface area (Å²) in [5.74, 6) is -0.905. The second-order valence-corrected chi connectivity index (χ2v) is 8.35. The van der Waals surface area contributed by atoms with E-state index in [1.807, 2.05) is 41.3 Å². The smallest absolute Gasteiger partial charge is 0.186 e. The number of hydrogen-bond acceptors (Lipinski definition) is 5. The van der Waals surface area contributed by atoms with Crippen LogP contribution < -0.4 is 4.90 Å². The van der Waals surface area contributed by atoms with Crippen molar-refractivity contribution in [1.82, 2.24) is 4.98 Å². The van der Waals surface area contributed by atoms with E-state index in [4.69, 9.17) is 11.6 Å². The zero-order valence-corrected chi connectivity index (χ0v) is 17.6. The molecular formula is C26H17ClN4O. The number of aromatic nitrogens is 1. The lowest BCUT2D eigenvalue weighted by Crippen LogP contribution is -2.44. The first-order chi connectivity index (χ1) is 15.6. The highest BCUT2D eigenvalue weighted by molar-refractivity contribution is 6.30. The van der Waals surface area contributed by atoms with Gasteiger partial charge in [-0.1, -0.05) is 60.2 Å². The molecule has 3 heterocycles. The van der Waals surface area contributed by atoms with Gasteiger partial charge in [0.25, 0.3) is 0 Å². The summed E-state index contributed by atoms with van der Waals surface area (Å²) in [5.41, 5.74) is 1.17. The predicted molar refractivity (Wildman–Crippen MR) is 122 cm³/mol. The van der Waals surface area contributed by atoms with Gasteiger partial charge in [-0.15, -0.1) is 0 Å². The van der Waals surface area contributed by atoms with Crippen LogP contribution in [0.1, 0.15) is 27.5 Å². The fourth-order valence-electron chi connectivity index (χ4n) is 4.92. The van der Waals surface area contributed by atoms with Crippen molar-refractivity contribution >= 4 is 29.1 Å². The van der Waals surface area contributed by atoms with Crippen LogP contribution in [0, 0.1) is 28.1 Å². The molecule has 0 spiro atoms. The molecule has 1 fully saturated rings. The third-order valence-electron chi connectivity index (χ3n) is 6.30. The molecule has 3 atom stereocenters. The van der Waals surface area contributed by atoms with Crippen LogP contribution in [0.4, 0.5) is 5.69 Å². The first kappa shape index (κ1) is 20.0. The Hall–Kier alpha value is -3.93. The zero-order valence-electron chi connectivity index (χ0n) is 16.9. The first-order valence-corrected chi connectivity index (χ1v) is 10.6. The van der Waals surface area contributed by atoms with Crippen LogP contribution >= 0.6 is 11.6 Å². The molecular weight excluding hydrogens is 420 g/mol. The number of ketones is 1. The molecule has 3 unspecified atom stereocenters. The Morgan fingerprint density at radius 1 is 1.03 bits per heavy atom. The maximum absolute atomic E-state index is 13.9. The highest BCUT2D eigenvalue weighted by Gasteiger charge is 2.63. The number of fused-ring (bicyclic) bond motifs is 3. The van der Waals surface area contributed by atoms with E-state index >= 15 is 0 Å². The fourth-order valence-corrected chi connectivity index (χ4v) is 5.10. The molecule has 0 saturated carbocycles. The number of carbonyl (C=O) groups is 1. The zero-order chi connectivity index (χ0) is 22.3. The fraction of sp³-hybridized carbons (Fsp3) is 0.154. The molecule has 5 nitrogen and oxygen atoms in total. The Morgan fingerprint density at radius 2 is 1.78 bits per heavy atom. The lowest BCUT2D eigenvalue weighted by atomic mass is 9.70.